The Kier molecular flexibility index (Phi) is 18.1. The number of carbonyl (C=O) groups excluding carboxylic acids is 2. The molecule has 7 aliphatic carbocycles. The van der Waals surface area contributed by atoms with Crippen molar-refractivity contribution in [1.82, 2.24) is 4.90 Å². The SMILES string of the molecule is CCOC1CCC(C(=CC2CCC(N(C3CCC(C)CC3)C3CCC(C)CC3)CC2)C2CCC(OC(=O)OC3CCC(C(C)(C)C4CCC(OC(=O)CC)CC4)CC3)CC2)CC1. The van der Waals surface area contributed by atoms with Crippen molar-refractivity contribution in [1.29, 1.82) is 0 Å². The molecule has 7 rings (SSSR count). The van der Waals surface area contributed by atoms with Crippen LogP contribution >= 0.6 is 0 Å². The molecule has 7 saturated carbocycles. The largest absolute Gasteiger partial charge is 0.508 e. The Balaban J connectivity index is 0.887. The molecule has 0 atom stereocenters. The zero-order valence-electron chi connectivity index (χ0n) is 40.8. The predicted octanol–water partition coefficient (Wildman–Crippen LogP) is 14.3. The van der Waals surface area contributed by atoms with E-state index in [9.17, 15) is 9.59 Å². The number of rotatable bonds is 14. The molecule has 7 fully saturated rings. The van der Waals surface area contributed by atoms with Crippen molar-refractivity contribution < 1.29 is 28.5 Å². The lowest BCUT2D eigenvalue weighted by molar-refractivity contribution is -0.151. The fraction of sp³-hybridized carbons (Fsp3) is 0.927. The van der Waals surface area contributed by atoms with Gasteiger partial charge in [0.1, 0.15) is 18.3 Å². The van der Waals surface area contributed by atoms with Crippen molar-refractivity contribution in [2.75, 3.05) is 6.61 Å². The van der Waals surface area contributed by atoms with E-state index in [1.807, 2.05) is 6.92 Å². The van der Waals surface area contributed by atoms with E-state index in [1.54, 1.807) is 5.57 Å². The van der Waals surface area contributed by atoms with Crippen LogP contribution in [0.25, 0.3) is 0 Å². The van der Waals surface area contributed by atoms with Crippen molar-refractivity contribution in [3.63, 3.8) is 0 Å². The van der Waals surface area contributed by atoms with Gasteiger partial charge in [0.25, 0.3) is 0 Å². The molecule has 0 aromatic rings. The lowest BCUT2D eigenvalue weighted by Crippen LogP contribution is -2.52. The van der Waals surface area contributed by atoms with Crippen molar-refractivity contribution in [3.05, 3.63) is 11.6 Å². The highest BCUT2D eigenvalue weighted by molar-refractivity contribution is 5.69. The van der Waals surface area contributed by atoms with E-state index in [0.29, 0.717) is 42.1 Å². The Morgan fingerprint density at radius 3 is 1.31 bits per heavy atom. The van der Waals surface area contributed by atoms with E-state index >= 15 is 0 Å². The Hall–Kier alpha value is -1.60. The maximum absolute atomic E-state index is 13.2. The molecule has 7 aliphatic rings. The Morgan fingerprint density at radius 1 is 0.500 bits per heavy atom. The van der Waals surface area contributed by atoms with Gasteiger partial charge in [-0.2, -0.15) is 0 Å². The van der Waals surface area contributed by atoms with Gasteiger partial charge >= 0.3 is 12.1 Å². The second-order valence-electron chi connectivity index (χ2n) is 23.0. The third-order valence-corrected chi connectivity index (χ3v) is 18.7. The average molecular weight is 864 g/mol. The number of hydrogen-bond acceptors (Lipinski definition) is 7. The molecule has 0 aliphatic heterocycles. The van der Waals surface area contributed by atoms with Gasteiger partial charge in [-0.1, -0.05) is 46.3 Å². The summed E-state index contributed by atoms with van der Waals surface area (Å²) in [5, 5.41) is 0. The zero-order chi connectivity index (χ0) is 43.6. The summed E-state index contributed by atoms with van der Waals surface area (Å²) in [4.78, 5) is 28.2. The summed E-state index contributed by atoms with van der Waals surface area (Å²) in [7, 11) is 0. The first-order valence-electron chi connectivity index (χ1n) is 27.2. The maximum Gasteiger partial charge on any atom is 0.508 e. The summed E-state index contributed by atoms with van der Waals surface area (Å²) in [6, 6.07) is 2.43. The fourth-order valence-corrected chi connectivity index (χ4v) is 14.5. The molecule has 0 saturated heterocycles. The minimum Gasteiger partial charge on any atom is -0.462 e. The van der Waals surface area contributed by atoms with E-state index in [1.165, 1.54) is 103 Å². The van der Waals surface area contributed by atoms with Gasteiger partial charge < -0.3 is 18.9 Å². The molecule has 0 aromatic carbocycles. The molecule has 0 N–H and O–H groups in total. The van der Waals surface area contributed by atoms with Crippen LogP contribution in [0.2, 0.25) is 0 Å². The molecule has 354 valence electrons. The molecule has 0 radical (unpaired) electrons. The Labute approximate surface area is 379 Å². The second kappa shape index (κ2) is 23.2. The van der Waals surface area contributed by atoms with E-state index < -0.39 is 6.16 Å². The quantitative estimate of drug-likeness (QED) is 0.127. The molecule has 0 spiro atoms. The summed E-state index contributed by atoms with van der Waals surface area (Å²) >= 11 is 0. The third kappa shape index (κ3) is 13.1. The summed E-state index contributed by atoms with van der Waals surface area (Å²) in [6.45, 7) is 14.7. The average Bonchev–Trinajstić information content (AvgIpc) is 3.28. The van der Waals surface area contributed by atoms with Crippen LogP contribution < -0.4 is 0 Å². The summed E-state index contributed by atoms with van der Waals surface area (Å²) in [6.07, 6.45) is 37.6. The monoisotopic (exact) mass is 864 g/mol. The number of carbonyl (C=O) groups is 2. The van der Waals surface area contributed by atoms with Crippen LogP contribution in [0.1, 0.15) is 228 Å². The van der Waals surface area contributed by atoms with Crippen molar-refractivity contribution in [2.45, 2.75) is 270 Å². The first-order valence-corrected chi connectivity index (χ1v) is 27.2. The van der Waals surface area contributed by atoms with Gasteiger partial charge in [-0.3, -0.25) is 9.69 Å². The molecule has 0 bridgehead atoms. The Morgan fingerprint density at radius 2 is 0.887 bits per heavy atom. The van der Waals surface area contributed by atoms with Gasteiger partial charge in [-0.25, -0.2) is 4.79 Å². The first-order chi connectivity index (χ1) is 30.0. The topological polar surface area (TPSA) is 74.3 Å². The van der Waals surface area contributed by atoms with Crippen LogP contribution in [-0.4, -0.2) is 66.2 Å². The summed E-state index contributed by atoms with van der Waals surface area (Å²) in [5.41, 5.74) is 2.01. The van der Waals surface area contributed by atoms with Crippen LogP contribution in [-0.2, 0) is 23.7 Å². The van der Waals surface area contributed by atoms with Crippen LogP contribution in [0.5, 0.6) is 0 Å². The highest BCUT2D eigenvalue weighted by atomic mass is 16.7. The summed E-state index contributed by atoms with van der Waals surface area (Å²) < 4.78 is 23.9. The number of hydrogen-bond donors (Lipinski definition) is 0. The number of ether oxygens (including phenoxy) is 4. The molecule has 62 heavy (non-hydrogen) atoms. The van der Waals surface area contributed by atoms with Gasteiger partial charge in [0.05, 0.1) is 6.10 Å². The van der Waals surface area contributed by atoms with Gasteiger partial charge in [-0.15, -0.1) is 0 Å². The van der Waals surface area contributed by atoms with Gasteiger partial charge in [-0.05, 0) is 234 Å². The molecule has 0 aromatic heterocycles. The fourth-order valence-electron chi connectivity index (χ4n) is 14.5. The number of allylic oxidation sites excluding steroid dienone is 2. The smallest absolute Gasteiger partial charge is 0.462 e. The van der Waals surface area contributed by atoms with Gasteiger partial charge in [0, 0.05) is 31.2 Å². The molecule has 0 heterocycles. The zero-order valence-corrected chi connectivity index (χ0v) is 40.8. The van der Waals surface area contributed by atoms with Gasteiger partial charge in [0.2, 0.25) is 0 Å². The number of esters is 1. The molecule has 0 amide bonds. The van der Waals surface area contributed by atoms with Crippen LogP contribution in [0.3, 0.4) is 0 Å². The number of nitrogens with zero attached hydrogens (tertiary/aromatic N) is 1. The molecular formula is C55H93NO6. The van der Waals surface area contributed by atoms with Crippen molar-refractivity contribution in [2.24, 2.45) is 46.8 Å². The van der Waals surface area contributed by atoms with Crippen LogP contribution in [0, 0.1) is 46.8 Å². The normalized spacial score (nSPS) is 39.2. The highest BCUT2D eigenvalue weighted by Gasteiger charge is 2.43. The second-order valence-corrected chi connectivity index (χ2v) is 23.0. The minimum absolute atomic E-state index is 0.0253. The van der Waals surface area contributed by atoms with E-state index in [0.717, 1.165) is 114 Å². The maximum atomic E-state index is 13.2. The highest BCUT2D eigenvalue weighted by Crippen LogP contribution is 2.50. The van der Waals surface area contributed by atoms with Gasteiger partial charge in [0.15, 0.2) is 0 Å². The van der Waals surface area contributed by atoms with E-state index in [-0.39, 0.29) is 29.7 Å². The molecular weight excluding hydrogens is 771 g/mol. The van der Waals surface area contributed by atoms with E-state index in [4.69, 9.17) is 18.9 Å². The first kappa shape index (κ1) is 48.3. The predicted molar refractivity (Wildman–Crippen MR) is 251 cm³/mol. The summed E-state index contributed by atoms with van der Waals surface area (Å²) in [5.74, 6) is 5.05. The van der Waals surface area contributed by atoms with Crippen LogP contribution in [0.15, 0.2) is 11.6 Å². The lowest BCUT2D eigenvalue weighted by atomic mass is 9.60. The third-order valence-electron chi connectivity index (χ3n) is 18.7. The standard InChI is InChI=1S/C55H93NO6/c1-7-53(57)60-49-33-19-43(20-34-49)55(5,6)44-21-35-51(36-22-44)62-54(58)61-50-31-17-42(18-32-50)52(41-15-29-48(30-16-41)59-8-2)37-40-13-27-47(28-14-40)56(45-23-9-38(3)10-24-45)46-25-11-39(4)12-26-46/h37-51H,7-36H2,1-6H3. The van der Waals surface area contributed by atoms with E-state index in [2.05, 4.69) is 45.6 Å². The minimum atomic E-state index is -0.433. The Bertz CT molecular complexity index is 1350. The van der Waals surface area contributed by atoms with Crippen molar-refractivity contribution >= 4 is 12.1 Å². The molecule has 7 heteroatoms. The van der Waals surface area contributed by atoms with Crippen LogP contribution in [0.4, 0.5) is 4.79 Å². The molecule has 7 nitrogen and oxygen atoms in total. The van der Waals surface area contributed by atoms with Crippen molar-refractivity contribution in [3.8, 4) is 0 Å². The lowest BCUT2D eigenvalue weighted by Gasteiger charge is -2.49. The molecule has 0 unspecified atom stereocenters.